The molecule has 2 aliphatic carbocycles. The van der Waals surface area contributed by atoms with Gasteiger partial charge in [0.1, 0.15) is 17.7 Å². The van der Waals surface area contributed by atoms with E-state index in [4.69, 9.17) is 56.4 Å². The summed E-state index contributed by atoms with van der Waals surface area (Å²) in [5.41, 5.74) is 12.3. The number of benzene rings is 8. The Bertz CT molecular complexity index is 3900. The largest absolute Gasteiger partial charge is 0.480 e. The summed E-state index contributed by atoms with van der Waals surface area (Å²) < 4.78 is 3.23. The van der Waals surface area contributed by atoms with Crippen molar-refractivity contribution in [2.24, 2.45) is 0 Å². The summed E-state index contributed by atoms with van der Waals surface area (Å²) in [6.07, 6.45) is 7.17. The Kier molecular flexibility index (Phi) is 12.2. The zero-order valence-corrected chi connectivity index (χ0v) is 42.4. The molecule has 74 heavy (non-hydrogen) atoms. The molecule has 8 nitrogen and oxygen atoms in total. The minimum absolute atomic E-state index is 0.263. The molecule has 12 rings (SSSR count). The number of imidazole rings is 2. The quantitative estimate of drug-likeness (QED) is 0.134. The number of aliphatic carboxylic acids is 1. The average Bonchev–Trinajstić information content (AvgIpc) is 4.17. The lowest BCUT2D eigenvalue weighted by molar-refractivity contribution is -0.145. The topological polar surface area (TPSA) is 102 Å². The summed E-state index contributed by atoms with van der Waals surface area (Å²) in [6, 6.07) is 52.6. The molecular formula is C62H41Cl4N5O3. The normalized spacial score (nSPS) is 13.4. The van der Waals surface area contributed by atoms with Crippen LogP contribution in [-0.4, -0.2) is 36.1 Å². The second-order valence-electron chi connectivity index (χ2n) is 18.4. The summed E-state index contributed by atoms with van der Waals surface area (Å²) >= 11 is 26.8. The SMILES string of the molecule is CC(NC(=O)C(C(C(=O)O)n1cc(-c2ccc(Cl)cc2Cl)nc1C=C1c2ccccc2-c2ccccc21)n1cc(-c2ccc(Cl)cc2Cl)nc1C=C1c2ccccc2-c2ccccc21)c1cccc2ccccc12. The van der Waals surface area contributed by atoms with E-state index < -0.39 is 30.0 Å². The first-order chi connectivity index (χ1) is 36.0. The van der Waals surface area contributed by atoms with Gasteiger partial charge in [-0.1, -0.05) is 186 Å². The van der Waals surface area contributed by atoms with Gasteiger partial charge >= 0.3 is 5.97 Å². The average molecular weight is 1050 g/mol. The van der Waals surface area contributed by atoms with Gasteiger partial charge in [-0.3, -0.25) is 4.79 Å². The lowest BCUT2D eigenvalue weighted by Gasteiger charge is -2.29. The molecule has 1 amide bonds. The molecule has 0 saturated carbocycles. The van der Waals surface area contributed by atoms with Crippen LogP contribution in [0.15, 0.2) is 188 Å². The Balaban J connectivity index is 1.12. The number of amides is 1. The molecule has 360 valence electrons. The molecule has 8 aromatic carbocycles. The van der Waals surface area contributed by atoms with Crippen LogP contribution in [0.1, 0.15) is 64.5 Å². The Morgan fingerprint density at radius 3 is 1.35 bits per heavy atom. The summed E-state index contributed by atoms with van der Waals surface area (Å²) in [5.74, 6) is -1.34. The maximum absolute atomic E-state index is 16.0. The van der Waals surface area contributed by atoms with Crippen molar-refractivity contribution in [1.29, 1.82) is 0 Å². The minimum atomic E-state index is -1.68. The second kappa shape index (κ2) is 19.1. The third-order valence-corrected chi connectivity index (χ3v) is 15.1. The van der Waals surface area contributed by atoms with E-state index >= 15 is 4.79 Å². The van der Waals surface area contributed by atoms with Crippen LogP contribution >= 0.6 is 46.4 Å². The van der Waals surface area contributed by atoms with E-state index in [1.165, 1.54) is 0 Å². The maximum Gasteiger partial charge on any atom is 0.329 e. The van der Waals surface area contributed by atoms with Gasteiger partial charge in [-0.2, -0.15) is 0 Å². The number of rotatable bonds is 11. The summed E-state index contributed by atoms with van der Waals surface area (Å²) in [6.45, 7) is 1.90. The molecule has 2 aliphatic rings. The van der Waals surface area contributed by atoms with Crippen LogP contribution in [0.4, 0.5) is 0 Å². The third-order valence-electron chi connectivity index (χ3n) is 14.0. The third kappa shape index (κ3) is 8.30. The standard InChI is InChI=1S/C62H41Cl4N5O3/c1-35(39-24-12-14-36-13-2-3-15-40(36)39)67-61(72)59(70-33-55(49-27-25-37(63)29-53(49)65)68-57(70)31-51-45-20-8-4-16-41(45)42-17-5-9-21-46(42)51)60(62(73)74)71-34-56(50-28-26-38(64)30-54(50)66)69-58(71)32-52-47-22-10-6-18-43(47)44-19-7-11-23-48(44)52/h2-35,59-60H,1H3,(H,67,72)(H,73,74). The maximum atomic E-state index is 16.0. The van der Waals surface area contributed by atoms with Crippen LogP contribution in [-0.2, 0) is 9.59 Å². The smallest absolute Gasteiger partial charge is 0.329 e. The molecule has 0 fully saturated rings. The Morgan fingerprint density at radius 2 is 0.905 bits per heavy atom. The highest BCUT2D eigenvalue weighted by atomic mass is 35.5. The number of aromatic nitrogens is 4. The molecule has 2 aromatic heterocycles. The first-order valence-electron chi connectivity index (χ1n) is 23.9. The zero-order chi connectivity index (χ0) is 50.8. The van der Waals surface area contributed by atoms with Crippen molar-refractivity contribution in [1.82, 2.24) is 24.4 Å². The van der Waals surface area contributed by atoms with E-state index in [0.717, 1.165) is 72.0 Å². The molecule has 0 radical (unpaired) electrons. The van der Waals surface area contributed by atoms with E-state index in [9.17, 15) is 9.90 Å². The van der Waals surface area contributed by atoms with Crippen LogP contribution < -0.4 is 5.32 Å². The molecule has 3 unspecified atom stereocenters. The van der Waals surface area contributed by atoms with Gasteiger partial charge in [0.2, 0.25) is 5.91 Å². The fourth-order valence-corrected chi connectivity index (χ4v) is 11.6. The van der Waals surface area contributed by atoms with Gasteiger partial charge in [0.15, 0.2) is 6.04 Å². The Hall–Kier alpha value is -7.98. The van der Waals surface area contributed by atoms with Crippen molar-refractivity contribution in [3.05, 3.63) is 248 Å². The van der Waals surface area contributed by atoms with E-state index in [2.05, 4.69) is 41.7 Å². The second-order valence-corrected chi connectivity index (χ2v) is 20.0. The molecule has 2 heterocycles. The highest BCUT2D eigenvalue weighted by Crippen LogP contribution is 2.48. The number of carboxylic acids is 1. The van der Waals surface area contributed by atoms with Crippen molar-refractivity contribution in [2.75, 3.05) is 0 Å². The molecule has 12 heteroatoms. The molecule has 0 saturated heterocycles. The van der Waals surface area contributed by atoms with Gasteiger partial charge in [0.25, 0.3) is 0 Å². The minimum Gasteiger partial charge on any atom is -0.480 e. The summed E-state index contributed by atoms with van der Waals surface area (Å²) in [7, 11) is 0. The Morgan fingerprint density at radius 1 is 0.500 bits per heavy atom. The van der Waals surface area contributed by atoms with Gasteiger partial charge in [-0.15, -0.1) is 0 Å². The van der Waals surface area contributed by atoms with Crippen LogP contribution in [0, 0.1) is 0 Å². The predicted molar refractivity (Wildman–Crippen MR) is 299 cm³/mol. The number of carbonyl (C=O) groups is 2. The monoisotopic (exact) mass is 1040 g/mol. The Labute approximate surface area is 446 Å². The summed E-state index contributed by atoms with van der Waals surface area (Å²) in [4.78, 5) is 41.2. The van der Waals surface area contributed by atoms with Gasteiger partial charge in [-0.05, 0) is 127 Å². The lowest BCUT2D eigenvalue weighted by Crippen LogP contribution is -2.42. The number of halogens is 4. The predicted octanol–water partition coefficient (Wildman–Crippen LogP) is 16.1. The zero-order valence-electron chi connectivity index (χ0n) is 39.3. The van der Waals surface area contributed by atoms with E-state index in [1.807, 2.05) is 122 Å². The van der Waals surface area contributed by atoms with Crippen LogP contribution in [0.25, 0.3) is 78.8 Å². The molecule has 0 aliphatic heterocycles. The molecule has 3 atom stereocenters. The van der Waals surface area contributed by atoms with Gasteiger partial charge in [0.05, 0.1) is 27.5 Å². The summed E-state index contributed by atoms with van der Waals surface area (Å²) in [5, 5.41) is 18.7. The van der Waals surface area contributed by atoms with Gasteiger partial charge in [-0.25, -0.2) is 14.8 Å². The molecule has 10 aromatic rings. The molecule has 2 N–H and O–H groups in total. The van der Waals surface area contributed by atoms with Crippen LogP contribution in [0.3, 0.4) is 0 Å². The highest BCUT2D eigenvalue weighted by molar-refractivity contribution is 6.37. The van der Waals surface area contributed by atoms with E-state index in [0.29, 0.717) is 48.4 Å². The molecule has 0 bridgehead atoms. The number of carboxylic acid groups (broad SMARTS) is 1. The number of hydrogen-bond donors (Lipinski definition) is 2. The number of fused-ring (bicyclic) bond motifs is 7. The van der Waals surface area contributed by atoms with Crippen LogP contribution in [0.5, 0.6) is 0 Å². The van der Waals surface area contributed by atoms with Crippen molar-refractivity contribution >= 4 is 92.4 Å². The van der Waals surface area contributed by atoms with Crippen molar-refractivity contribution in [3.63, 3.8) is 0 Å². The van der Waals surface area contributed by atoms with Gasteiger partial charge in [0, 0.05) is 33.6 Å². The number of nitrogens with one attached hydrogen (secondary N) is 1. The fourth-order valence-electron chi connectivity index (χ4n) is 10.6. The van der Waals surface area contributed by atoms with Gasteiger partial charge < -0.3 is 19.6 Å². The van der Waals surface area contributed by atoms with E-state index in [1.54, 1.807) is 57.9 Å². The lowest BCUT2D eigenvalue weighted by atomic mass is 9.98. The van der Waals surface area contributed by atoms with Crippen molar-refractivity contribution in [3.8, 4) is 44.8 Å². The number of nitrogens with zero attached hydrogens (tertiary/aromatic N) is 4. The first kappa shape index (κ1) is 47.1. The number of hydrogen-bond acceptors (Lipinski definition) is 4. The molecule has 0 spiro atoms. The van der Waals surface area contributed by atoms with E-state index in [-0.39, 0.29) is 5.82 Å². The number of carbonyl (C=O) groups excluding carboxylic acids is 1. The fraction of sp³-hybridized carbons (Fsp3) is 0.0645. The van der Waals surface area contributed by atoms with Crippen molar-refractivity contribution in [2.45, 2.75) is 25.0 Å². The molecular weight excluding hydrogens is 1000 g/mol. The van der Waals surface area contributed by atoms with Crippen LogP contribution in [0.2, 0.25) is 20.1 Å². The highest BCUT2D eigenvalue weighted by Gasteiger charge is 2.41. The van der Waals surface area contributed by atoms with Crippen molar-refractivity contribution < 1.29 is 14.7 Å². The first-order valence-corrected chi connectivity index (χ1v) is 25.4.